The van der Waals surface area contributed by atoms with Gasteiger partial charge in [-0.2, -0.15) is 15.3 Å². The van der Waals surface area contributed by atoms with E-state index < -0.39 is 0 Å². The Bertz CT molecular complexity index is 941. The van der Waals surface area contributed by atoms with Crippen LogP contribution in [0.15, 0.2) is 60.8 Å². The van der Waals surface area contributed by atoms with Gasteiger partial charge in [-0.25, -0.2) is 0 Å². The van der Waals surface area contributed by atoms with Crippen molar-refractivity contribution in [2.75, 3.05) is 23.3 Å². The number of anilines is 3. The molecule has 140 valence electrons. The van der Waals surface area contributed by atoms with E-state index in [4.69, 9.17) is 5.26 Å². The summed E-state index contributed by atoms with van der Waals surface area (Å²) < 4.78 is 0. The number of hydrogen-bond acceptors (Lipinski definition) is 6. The second-order valence-corrected chi connectivity index (χ2v) is 7.08. The summed E-state index contributed by atoms with van der Waals surface area (Å²) in [7, 11) is 0. The molecule has 0 spiro atoms. The Kier molecular flexibility index (Phi) is 5.43. The Hall–Kier alpha value is -3.46. The number of aromatic nitrogens is 3. The summed E-state index contributed by atoms with van der Waals surface area (Å²) >= 11 is 0. The molecule has 1 fully saturated rings. The van der Waals surface area contributed by atoms with Crippen LogP contribution in [0.4, 0.5) is 17.5 Å². The van der Waals surface area contributed by atoms with Crippen molar-refractivity contribution < 1.29 is 0 Å². The van der Waals surface area contributed by atoms with Gasteiger partial charge < -0.3 is 10.2 Å². The van der Waals surface area contributed by atoms with Gasteiger partial charge in [-0.3, -0.25) is 0 Å². The molecule has 0 atom stereocenters. The Morgan fingerprint density at radius 1 is 1.04 bits per heavy atom. The summed E-state index contributed by atoms with van der Waals surface area (Å²) in [6.45, 7) is 1.89. The Morgan fingerprint density at radius 2 is 1.79 bits per heavy atom. The van der Waals surface area contributed by atoms with Gasteiger partial charge in [0.1, 0.15) is 0 Å². The minimum absolute atomic E-state index is 0.630. The topological polar surface area (TPSA) is 77.7 Å². The van der Waals surface area contributed by atoms with Gasteiger partial charge in [-0.15, -0.1) is 5.10 Å². The van der Waals surface area contributed by atoms with Crippen LogP contribution in [0.1, 0.15) is 24.0 Å². The zero-order chi connectivity index (χ0) is 19.2. The van der Waals surface area contributed by atoms with Crippen molar-refractivity contribution in [2.24, 2.45) is 5.92 Å². The highest BCUT2D eigenvalue weighted by atomic mass is 15.3. The summed E-state index contributed by atoms with van der Waals surface area (Å²) in [6, 6.07) is 20.1. The van der Waals surface area contributed by atoms with Gasteiger partial charge in [0, 0.05) is 18.8 Å². The first-order chi connectivity index (χ1) is 13.8. The predicted octanol–water partition coefficient (Wildman–Crippen LogP) is 3.95. The molecule has 1 aliphatic heterocycles. The van der Waals surface area contributed by atoms with Crippen LogP contribution < -0.4 is 10.2 Å². The van der Waals surface area contributed by atoms with Gasteiger partial charge in [0.25, 0.3) is 0 Å². The van der Waals surface area contributed by atoms with Crippen molar-refractivity contribution in [3.8, 4) is 6.07 Å². The monoisotopic (exact) mass is 370 g/mol. The van der Waals surface area contributed by atoms with E-state index in [9.17, 15) is 0 Å². The fraction of sp³-hybridized carbons (Fsp3) is 0.273. The molecule has 1 aromatic heterocycles. The molecule has 4 rings (SSSR count). The highest BCUT2D eigenvalue weighted by Gasteiger charge is 2.21. The third-order valence-corrected chi connectivity index (χ3v) is 5.10. The number of nitrogens with zero attached hydrogens (tertiary/aromatic N) is 5. The van der Waals surface area contributed by atoms with Crippen molar-refractivity contribution in [2.45, 2.75) is 19.3 Å². The van der Waals surface area contributed by atoms with E-state index in [0.29, 0.717) is 23.2 Å². The summed E-state index contributed by atoms with van der Waals surface area (Å²) in [5.74, 6) is 2.02. The second kappa shape index (κ2) is 8.49. The van der Waals surface area contributed by atoms with E-state index in [2.05, 4.69) is 61.8 Å². The third-order valence-electron chi connectivity index (χ3n) is 5.10. The highest BCUT2D eigenvalue weighted by Crippen LogP contribution is 2.24. The quantitative estimate of drug-likeness (QED) is 0.733. The first-order valence-corrected chi connectivity index (χ1v) is 9.56. The average molecular weight is 370 g/mol. The van der Waals surface area contributed by atoms with Gasteiger partial charge >= 0.3 is 0 Å². The summed E-state index contributed by atoms with van der Waals surface area (Å²) in [4.78, 5) is 6.83. The molecule has 0 bridgehead atoms. The first-order valence-electron chi connectivity index (χ1n) is 9.56. The maximum atomic E-state index is 8.89. The van der Waals surface area contributed by atoms with E-state index in [1.54, 1.807) is 18.3 Å². The van der Waals surface area contributed by atoms with Crippen molar-refractivity contribution in [3.63, 3.8) is 0 Å². The average Bonchev–Trinajstić information content (AvgIpc) is 2.76. The van der Waals surface area contributed by atoms with E-state index >= 15 is 0 Å². The molecule has 6 nitrogen and oxygen atoms in total. The zero-order valence-corrected chi connectivity index (χ0v) is 15.6. The number of benzene rings is 2. The summed E-state index contributed by atoms with van der Waals surface area (Å²) in [6.07, 6.45) is 5.01. The van der Waals surface area contributed by atoms with Crippen LogP contribution in [0.2, 0.25) is 0 Å². The molecular weight excluding hydrogens is 348 g/mol. The third kappa shape index (κ3) is 4.44. The molecular formula is C22H22N6. The Labute approximate surface area is 164 Å². The van der Waals surface area contributed by atoms with E-state index in [1.165, 1.54) is 5.56 Å². The van der Waals surface area contributed by atoms with E-state index in [-0.39, 0.29) is 0 Å². The largest absolute Gasteiger partial charge is 0.339 e. The summed E-state index contributed by atoms with van der Waals surface area (Å²) in [5.41, 5.74) is 2.91. The van der Waals surface area contributed by atoms with Crippen molar-refractivity contribution in [1.82, 2.24) is 15.2 Å². The standard InChI is InChI=1S/C22H22N6/c23-15-19-6-8-20(9-7-19)25-21-16-24-27-22(26-21)28-12-10-18(11-13-28)14-17-4-2-1-3-5-17/h1-9,16,18H,10-14H2,(H,25,26,27). The number of rotatable bonds is 5. The molecule has 6 heteroatoms. The number of nitrogens with one attached hydrogen (secondary N) is 1. The molecule has 0 unspecified atom stereocenters. The lowest BCUT2D eigenvalue weighted by molar-refractivity contribution is 0.400. The Balaban J connectivity index is 1.36. The molecule has 2 aromatic carbocycles. The minimum Gasteiger partial charge on any atom is -0.339 e. The lowest BCUT2D eigenvalue weighted by Crippen LogP contribution is -2.35. The maximum absolute atomic E-state index is 8.89. The maximum Gasteiger partial charge on any atom is 0.247 e. The SMILES string of the molecule is N#Cc1ccc(Nc2cnnc(N3CCC(Cc4ccccc4)CC3)n2)cc1. The van der Waals surface area contributed by atoms with Gasteiger partial charge in [0.05, 0.1) is 17.8 Å². The minimum atomic E-state index is 0.630. The van der Waals surface area contributed by atoms with Gasteiger partial charge in [-0.1, -0.05) is 30.3 Å². The van der Waals surface area contributed by atoms with Crippen LogP contribution in [0.5, 0.6) is 0 Å². The normalized spacial score (nSPS) is 14.5. The molecule has 1 saturated heterocycles. The molecule has 0 amide bonds. The number of hydrogen-bond donors (Lipinski definition) is 1. The van der Waals surface area contributed by atoms with Crippen molar-refractivity contribution >= 4 is 17.5 Å². The molecule has 0 radical (unpaired) electrons. The molecule has 1 N–H and O–H groups in total. The molecule has 2 heterocycles. The summed E-state index contributed by atoms with van der Waals surface area (Å²) in [5, 5.41) is 20.5. The Morgan fingerprint density at radius 3 is 2.50 bits per heavy atom. The lowest BCUT2D eigenvalue weighted by atomic mass is 9.90. The zero-order valence-electron chi connectivity index (χ0n) is 15.6. The smallest absolute Gasteiger partial charge is 0.247 e. The number of nitriles is 1. The van der Waals surface area contributed by atoms with Gasteiger partial charge in [0.2, 0.25) is 5.95 Å². The number of piperidine rings is 1. The van der Waals surface area contributed by atoms with E-state index in [0.717, 1.165) is 38.0 Å². The molecule has 28 heavy (non-hydrogen) atoms. The first kappa shape index (κ1) is 17.9. The van der Waals surface area contributed by atoms with Gasteiger partial charge in [0.15, 0.2) is 5.82 Å². The molecule has 0 aliphatic carbocycles. The molecule has 0 saturated carbocycles. The van der Waals surface area contributed by atoms with E-state index in [1.807, 2.05) is 12.1 Å². The molecule has 3 aromatic rings. The molecule has 1 aliphatic rings. The second-order valence-electron chi connectivity index (χ2n) is 7.08. The van der Waals surface area contributed by atoms with Crippen LogP contribution >= 0.6 is 0 Å². The van der Waals surface area contributed by atoms with Crippen LogP contribution in [-0.4, -0.2) is 28.3 Å². The van der Waals surface area contributed by atoms with Crippen molar-refractivity contribution in [1.29, 1.82) is 5.26 Å². The predicted molar refractivity (Wildman–Crippen MR) is 109 cm³/mol. The van der Waals surface area contributed by atoms with Crippen LogP contribution in [-0.2, 0) is 6.42 Å². The van der Waals surface area contributed by atoms with Crippen LogP contribution in [0.25, 0.3) is 0 Å². The van der Waals surface area contributed by atoms with Gasteiger partial charge in [-0.05, 0) is 55.0 Å². The lowest BCUT2D eigenvalue weighted by Gasteiger charge is -2.31. The highest BCUT2D eigenvalue weighted by molar-refractivity contribution is 5.57. The fourth-order valence-corrected chi connectivity index (χ4v) is 3.55. The van der Waals surface area contributed by atoms with Crippen LogP contribution in [0.3, 0.4) is 0 Å². The van der Waals surface area contributed by atoms with Crippen molar-refractivity contribution in [3.05, 3.63) is 71.9 Å². The van der Waals surface area contributed by atoms with Crippen LogP contribution in [0, 0.1) is 17.2 Å². The fourth-order valence-electron chi connectivity index (χ4n) is 3.55.